The highest BCUT2D eigenvalue weighted by Crippen LogP contribution is 2.35. The predicted molar refractivity (Wildman–Crippen MR) is 68.7 cm³/mol. The Hall–Kier alpha value is -1.12. The van der Waals surface area contributed by atoms with Crippen LogP contribution in [-0.2, 0) is 18.8 Å². The molecule has 1 unspecified atom stereocenters. The molecule has 1 N–H and O–H groups in total. The van der Waals surface area contributed by atoms with Gasteiger partial charge in [0, 0.05) is 0 Å². The number of aliphatic hydroxyl groups excluding tert-OH is 1. The second-order valence-electron chi connectivity index (χ2n) is 5.17. The molecular formula is C13H15BO6. The molecule has 106 valence electrons. The minimum atomic E-state index is -0.712. The monoisotopic (exact) mass is 278 g/mol. The molecule has 0 spiro atoms. The standard InChI is InChI=1S/C13H15BO6/c1-16-8-4-2-7(3-5-8)14-19-11-9-6-17-13(18-9)12(20-14)10(11)15/h2-5,9-13,15H,6H2,1H3/t9-,10-,11-,12?,13+/m0/s1. The molecule has 1 aromatic carbocycles. The van der Waals surface area contributed by atoms with Crippen LogP contribution in [0.1, 0.15) is 0 Å². The zero-order valence-electron chi connectivity index (χ0n) is 11.0. The van der Waals surface area contributed by atoms with Crippen LogP contribution >= 0.6 is 0 Å². The fraction of sp³-hybridized carbons (Fsp3) is 0.538. The van der Waals surface area contributed by atoms with E-state index in [9.17, 15) is 5.11 Å². The van der Waals surface area contributed by atoms with E-state index >= 15 is 0 Å². The highest BCUT2D eigenvalue weighted by Gasteiger charge is 2.56. The van der Waals surface area contributed by atoms with Crippen LogP contribution in [0.5, 0.6) is 5.75 Å². The molecule has 0 saturated carbocycles. The summed E-state index contributed by atoms with van der Waals surface area (Å²) in [4.78, 5) is 0. The smallest absolute Gasteiger partial charge is 0.494 e. The van der Waals surface area contributed by atoms with E-state index < -0.39 is 31.7 Å². The molecule has 3 heterocycles. The summed E-state index contributed by atoms with van der Waals surface area (Å²) in [5.41, 5.74) is 0.883. The second-order valence-corrected chi connectivity index (χ2v) is 5.17. The molecule has 4 rings (SSSR count). The predicted octanol–water partition coefficient (Wildman–Crippen LogP) is -0.710. The van der Waals surface area contributed by atoms with Crippen molar-refractivity contribution in [2.75, 3.05) is 13.7 Å². The summed E-state index contributed by atoms with van der Waals surface area (Å²) in [6, 6.07) is 7.48. The maximum absolute atomic E-state index is 10.2. The molecule has 6 nitrogen and oxygen atoms in total. The maximum Gasteiger partial charge on any atom is 0.494 e. The molecule has 5 atom stereocenters. The van der Waals surface area contributed by atoms with Crippen LogP contribution in [0, 0.1) is 0 Å². The fourth-order valence-corrected chi connectivity index (χ4v) is 2.90. The molecule has 0 radical (unpaired) electrons. The number of benzene rings is 1. The lowest BCUT2D eigenvalue weighted by molar-refractivity contribution is -0.243. The normalized spacial score (nSPS) is 38.9. The van der Waals surface area contributed by atoms with Gasteiger partial charge in [-0.2, -0.15) is 0 Å². The third-order valence-corrected chi connectivity index (χ3v) is 3.99. The fourth-order valence-electron chi connectivity index (χ4n) is 2.90. The van der Waals surface area contributed by atoms with Crippen LogP contribution in [0.25, 0.3) is 0 Å². The molecule has 20 heavy (non-hydrogen) atoms. The van der Waals surface area contributed by atoms with Crippen molar-refractivity contribution in [3.63, 3.8) is 0 Å². The van der Waals surface area contributed by atoms with Crippen molar-refractivity contribution in [3.8, 4) is 5.75 Å². The first-order chi connectivity index (χ1) is 9.76. The van der Waals surface area contributed by atoms with Gasteiger partial charge in [-0.3, -0.25) is 0 Å². The quantitative estimate of drug-likeness (QED) is 0.721. The minimum absolute atomic E-state index is 0.226. The Kier molecular flexibility index (Phi) is 2.97. The van der Waals surface area contributed by atoms with Gasteiger partial charge in [-0.05, 0) is 17.6 Å². The van der Waals surface area contributed by atoms with Gasteiger partial charge in [-0.25, -0.2) is 0 Å². The van der Waals surface area contributed by atoms with Gasteiger partial charge in [0.2, 0.25) is 0 Å². The molecule has 1 aromatic rings. The molecule has 3 aliphatic rings. The van der Waals surface area contributed by atoms with Crippen molar-refractivity contribution in [1.82, 2.24) is 0 Å². The van der Waals surface area contributed by atoms with Gasteiger partial charge in [0.05, 0.1) is 13.7 Å². The van der Waals surface area contributed by atoms with Crippen LogP contribution in [-0.4, -0.2) is 56.6 Å². The Bertz CT molecular complexity index is 474. The van der Waals surface area contributed by atoms with Gasteiger partial charge in [0.15, 0.2) is 6.29 Å². The molecule has 3 fully saturated rings. The Morgan fingerprint density at radius 1 is 1.20 bits per heavy atom. The molecule has 7 heteroatoms. The van der Waals surface area contributed by atoms with Crippen LogP contribution in [0.15, 0.2) is 24.3 Å². The first-order valence-electron chi connectivity index (χ1n) is 6.66. The van der Waals surface area contributed by atoms with Gasteiger partial charge in [-0.15, -0.1) is 0 Å². The summed E-state index contributed by atoms with van der Waals surface area (Å²) in [6.45, 7) is 0.432. The van der Waals surface area contributed by atoms with Gasteiger partial charge in [0.25, 0.3) is 0 Å². The summed E-state index contributed by atoms with van der Waals surface area (Å²) in [6.07, 6.45) is -2.37. The van der Waals surface area contributed by atoms with Crippen molar-refractivity contribution in [2.45, 2.75) is 30.7 Å². The zero-order chi connectivity index (χ0) is 13.7. The highest BCUT2D eigenvalue weighted by molar-refractivity contribution is 6.61. The molecule has 0 amide bonds. The lowest BCUT2D eigenvalue weighted by Gasteiger charge is -2.44. The van der Waals surface area contributed by atoms with Crippen LogP contribution < -0.4 is 10.2 Å². The van der Waals surface area contributed by atoms with E-state index in [1.54, 1.807) is 7.11 Å². The number of fused-ring (bicyclic) bond motifs is 6. The Morgan fingerprint density at radius 3 is 2.70 bits per heavy atom. The lowest BCUT2D eigenvalue weighted by atomic mass is 9.75. The summed E-state index contributed by atoms with van der Waals surface area (Å²) < 4.78 is 27.8. The first kappa shape index (κ1) is 12.6. The Morgan fingerprint density at radius 2 is 1.95 bits per heavy atom. The largest absolute Gasteiger partial charge is 0.497 e. The van der Waals surface area contributed by atoms with Crippen LogP contribution in [0.3, 0.4) is 0 Å². The number of aliphatic hydroxyl groups is 1. The number of methoxy groups -OCH3 is 1. The summed E-state index contributed by atoms with van der Waals surface area (Å²) in [7, 11) is 1.10. The molecule has 3 aliphatic heterocycles. The van der Waals surface area contributed by atoms with Crippen molar-refractivity contribution < 1.29 is 28.6 Å². The molecule has 0 aromatic heterocycles. The second kappa shape index (κ2) is 4.72. The van der Waals surface area contributed by atoms with E-state index in [4.69, 9.17) is 23.5 Å². The SMILES string of the molecule is COc1ccc(B2OC3[C@@H]4OC[C@H](O4)[C@H](O2)[C@@H]3O)cc1. The molecular weight excluding hydrogens is 263 g/mol. The molecule has 3 saturated heterocycles. The van der Waals surface area contributed by atoms with Crippen molar-refractivity contribution in [1.29, 1.82) is 0 Å². The van der Waals surface area contributed by atoms with Crippen LogP contribution in [0.4, 0.5) is 0 Å². The van der Waals surface area contributed by atoms with Gasteiger partial charge < -0.3 is 28.6 Å². The van der Waals surface area contributed by atoms with E-state index in [1.165, 1.54) is 0 Å². The number of hydrogen-bond donors (Lipinski definition) is 1. The zero-order valence-corrected chi connectivity index (χ0v) is 11.0. The minimum Gasteiger partial charge on any atom is -0.497 e. The maximum atomic E-state index is 10.2. The van der Waals surface area contributed by atoms with E-state index in [-0.39, 0.29) is 6.10 Å². The van der Waals surface area contributed by atoms with E-state index in [1.807, 2.05) is 24.3 Å². The third kappa shape index (κ3) is 1.86. The van der Waals surface area contributed by atoms with Crippen LogP contribution in [0.2, 0.25) is 0 Å². The average molecular weight is 278 g/mol. The third-order valence-electron chi connectivity index (χ3n) is 3.99. The topological polar surface area (TPSA) is 66.4 Å². The summed E-state index contributed by atoms with van der Waals surface area (Å²) >= 11 is 0. The van der Waals surface area contributed by atoms with Gasteiger partial charge in [0.1, 0.15) is 30.2 Å². The first-order valence-corrected chi connectivity index (χ1v) is 6.66. The van der Waals surface area contributed by atoms with E-state index in [2.05, 4.69) is 0 Å². The number of ether oxygens (including phenoxy) is 3. The van der Waals surface area contributed by atoms with Crippen molar-refractivity contribution in [2.24, 2.45) is 0 Å². The highest BCUT2D eigenvalue weighted by atomic mass is 16.8. The van der Waals surface area contributed by atoms with Gasteiger partial charge in [-0.1, -0.05) is 12.1 Å². The molecule has 4 bridgehead atoms. The molecule has 0 aliphatic carbocycles. The summed E-state index contributed by atoms with van der Waals surface area (Å²) in [5.74, 6) is 0.775. The van der Waals surface area contributed by atoms with Gasteiger partial charge >= 0.3 is 7.12 Å². The number of rotatable bonds is 2. The van der Waals surface area contributed by atoms with E-state index in [0.29, 0.717) is 6.61 Å². The Balaban J connectivity index is 1.59. The average Bonchev–Trinajstić information content (AvgIpc) is 2.93. The van der Waals surface area contributed by atoms with E-state index in [0.717, 1.165) is 11.2 Å². The van der Waals surface area contributed by atoms with Crippen molar-refractivity contribution in [3.05, 3.63) is 24.3 Å². The summed E-state index contributed by atoms with van der Waals surface area (Å²) in [5, 5.41) is 10.2. The Labute approximate surface area is 116 Å². The van der Waals surface area contributed by atoms with Crippen molar-refractivity contribution >= 4 is 12.6 Å². The lowest BCUT2D eigenvalue weighted by Crippen LogP contribution is -2.65. The number of hydrogen-bond acceptors (Lipinski definition) is 6.